The van der Waals surface area contributed by atoms with Gasteiger partial charge in [0.15, 0.2) is 0 Å². The normalized spacial score (nSPS) is 19.8. The zero-order valence-corrected chi connectivity index (χ0v) is 32.4. The van der Waals surface area contributed by atoms with E-state index in [0.29, 0.717) is 42.6 Å². The lowest BCUT2D eigenvalue weighted by Crippen LogP contribution is -2.59. The number of benzene rings is 1. The quantitative estimate of drug-likeness (QED) is 0.129. The van der Waals surface area contributed by atoms with Crippen molar-refractivity contribution in [2.45, 2.75) is 56.4 Å². The third kappa shape index (κ3) is 8.17. The molecule has 3 aromatic heterocycles. The zero-order chi connectivity index (χ0) is 38.9. The van der Waals surface area contributed by atoms with E-state index in [0.717, 1.165) is 94.8 Å². The number of piperazine rings is 1. The standard InChI is InChI=1S/C39H49N9O7S/c1-2-45-13-15-47(16-14-45)30-22-39(23-30)8-11-46(12-9-39)29-3-4-33(35(20-29)55-31-19-28-5-10-40-36(28)42-25-31)38(49)44-56(52,53)32-21-34(48(50)51)37(43-26-32)41-24-27-6-17-54-18-7-27/h3-5,10,19-21,25-27,30H,2,6-9,11-18,22-24H2,1H3,(H,40,42)(H,41,43)(H,44,49). The van der Waals surface area contributed by atoms with Gasteiger partial charge in [0.2, 0.25) is 5.82 Å². The molecule has 56 heavy (non-hydrogen) atoms. The van der Waals surface area contributed by atoms with Crippen LogP contribution < -0.4 is 19.7 Å². The molecular weight excluding hydrogens is 739 g/mol. The highest BCUT2D eigenvalue weighted by molar-refractivity contribution is 7.90. The van der Waals surface area contributed by atoms with Crippen LogP contribution in [-0.4, -0.2) is 116 Å². The van der Waals surface area contributed by atoms with Crippen LogP contribution in [0.2, 0.25) is 0 Å². The first kappa shape index (κ1) is 38.1. The molecule has 1 amide bonds. The molecule has 0 atom stereocenters. The average Bonchev–Trinajstić information content (AvgIpc) is 3.67. The van der Waals surface area contributed by atoms with Gasteiger partial charge < -0.3 is 29.6 Å². The summed E-state index contributed by atoms with van der Waals surface area (Å²) in [6.07, 6.45) is 10.5. The minimum atomic E-state index is -4.58. The number of aromatic nitrogens is 3. The fourth-order valence-corrected chi connectivity index (χ4v) is 9.59. The first-order chi connectivity index (χ1) is 27.1. The van der Waals surface area contributed by atoms with E-state index < -0.39 is 31.4 Å². The Kier molecular flexibility index (Phi) is 10.8. The number of pyridine rings is 2. The molecule has 8 rings (SSSR count). The van der Waals surface area contributed by atoms with Gasteiger partial charge >= 0.3 is 5.69 Å². The maximum atomic E-state index is 13.8. The second-order valence-electron chi connectivity index (χ2n) is 15.6. The summed E-state index contributed by atoms with van der Waals surface area (Å²) in [7, 11) is -4.58. The second kappa shape index (κ2) is 16.0. The van der Waals surface area contributed by atoms with Crippen LogP contribution in [-0.2, 0) is 14.8 Å². The van der Waals surface area contributed by atoms with Crippen LogP contribution in [0.15, 0.2) is 59.9 Å². The van der Waals surface area contributed by atoms with Crippen LogP contribution in [0.1, 0.15) is 55.8 Å². The zero-order valence-electron chi connectivity index (χ0n) is 31.6. The van der Waals surface area contributed by atoms with Crippen LogP contribution in [0.5, 0.6) is 11.5 Å². The van der Waals surface area contributed by atoms with Gasteiger partial charge in [-0.3, -0.25) is 19.8 Å². The van der Waals surface area contributed by atoms with Gasteiger partial charge in [-0.25, -0.2) is 23.1 Å². The maximum Gasteiger partial charge on any atom is 0.312 e. The van der Waals surface area contributed by atoms with Crippen molar-refractivity contribution in [2.24, 2.45) is 11.3 Å². The van der Waals surface area contributed by atoms with Crippen molar-refractivity contribution in [3.63, 3.8) is 0 Å². The summed E-state index contributed by atoms with van der Waals surface area (Å²) in [5, 5.41) is 15.8. The topological polar surface area (TPSA) is 188 Å². The Bertz CT molecular complexity index is 2170. The van der Waals surface area contributed by atoms with Crippen molar-refractivity contribution >= 4 is 44.2 Å². The summed E-state index contributed by atoms with van der Waals surface area (Å²) >= 11 is 0. The Morgan fingerprint density at radius 2 is 1.80 bits per heavy atom. The molecule has 0 bridgehead atoms. The molecule has 3 N–H and O–H groups in total. The van der Waals surface area contributed by atoms with Crippen LogP contribution in [0.3, 0.4) is 0 Å². The molecule has 1 spiro atoms. The predicted molar refractivity (Wildman–Crippen MR) is 211 cm³/mol. The van der Waals surface area contributed by atoms with Gasteiger partial charge in [-0.1, -0.05) is 6.92 Å². The molecule has 0 unspecified atom stereocenters. The first-order valence-electron chi connectivity index (χ1n) is 19.6. The minimum Gasteiger partial charge on any atom is -0.455 e. The van der Waals surface area contributed by atoms with Gasteiger partial charge in [0.25, 0.3) is 15.9 Å². The Morgan fingerprint density at radius 3 is 2.54 bits per heavy atom. The number of hydrogen-bond donors (Lipinski definition) is 3. The molecule has 16 nitrogen and oxygen atoms in total. The molecular formula is C39H49N9O7S. The van der Waals surface area contributed by atoms with Crippen LogP contribution in [0, 0.1) is 21.4 Å². The number of nitrogens with one attached hydrogen (secondary N) is 3. The number of H-pyrrole nitrogens is 1. The third-order valence-electron chi connectivity index (χ3n) is 12.2. The molecule has 3 aliphatic heterocycles. The van der Waals surface area contributed by atoms with Crippen LogP contribution in [0.4, 0.5) is 17.2 Å². The molecule has 298 valence electrons. The van der Waals surface area contributed by atoms with Gasteiger partial charge in [-0.15, -0.1) is 0 Å². The van der Waals surface area contributed by atoms with Crippen molar-refractivity contribution in [2.75, 3.05) is 75.8 Å². The van der Waals surface area contributed by atoms with E-state index in [1.54, 1.807) is 24.4 Å². The molecule has 1 saturated carbocycles. The molecule has 0 radical (unpaired) electrons. The van der Waals surface area contributed by atoms with Crippen molar-refractivity contribution in [3.8, 4) is 11.5 Å². The third-order valence-corrected chi connectivity index (χ3v) is 13.5. The summed E-state index contributed by atoms with van der Waals surface area (Å²) in [6, 6.07) is 10.3. The lowest BCUT2D eigenvalue weighted by atomic mass is 9.60. The van der Waals surface area contributed by atoms with Crippen molar-refractivity contribution in [1.29, 1.82) is 0 Å². The van der Waals surface area contributed by atoms with E-state index in [4.69, 9.17) is 9.47 Å². The number of hydrogen-bond acceptors (Lipinski definition) is 13. The largest absolute Gasteiger partial charge is 0.455 e. The summed E-state index contributed by atoms with van der Waals surface area (Å²) in [4.78, 5) is 43.6. The van der Waals surface area contributed by atoms with Crippen molar-refractivity contribution in [1.82, 2.24) is 29.5 Å². The number of anilines is 2. The van der Waals surface area contributed by atoms with Gasteiger partial charge in [0.1, 0.15) is 22.0 Å². The van der Waals surface area contributed by atoms with Crippen molar-refractivity contribution in [3.05, 3.63) is 70.7 Å². The van der Waals surface area contributed by atoms with Crippen LogP contribution >= 0.6 is 0 Å². The van der Waals surface area contributed by atoms with E-state index in [1.165, 1.54) is 19.0 Å². The molecule has 4 aliphatic rings. The summed E-state index contributed by atoms with van der Waals surface area (Å²) in [5.41, 5.74) is 1.36. The Balaban J connectivity index is 0.980. The minimum absolute atomic E-state index is 0.0258. The number of ether oxygens (including phenoxy) is 2. The van der Waals surface area contributed by atoms with E-state index in [1.807, 2.05) is 12.1 Å². The number of sulfonamides is 1. The van der Waals surface area contributed by atoms with E-state index in [-0.39, 0.29) is 23.0 Å². The number of carbonyl (C=O) groups excluding carboxylic acids is 1. The Hall–Kier alpha value is -4.84. The van der Waals surface area contributed by atoms with Crippen LogP contribution in [0.25, 0.3) is 11.0 Å². The molecule has 1 aliphatic carbocycles. The summed E-state index contributed by atoms with van der Waals surface area (Å²) < 4.78 is 40.9. The van der Waals surface area contributed by atoms with E-state index >= 15 is 0 Å². The molecule has 4 aromatic rings. The van der Waals surface area contributed by atoms with Crippen molar-refractivity contribution < 1.29 is 27.6 Å². The molecule has 6 heterocycles. The lowest BCUT2D eigenvalue weighted by molar-refractivity contribution is -0.384. The molecule has 17 heteroatoms. The molecule has 4 fully saturated rings. The Labute approximate surface area is 326 Å². The monoisotopic (exact) mass is 787 g/mol. The van der Waals surface area contributed by atoms with Gasteiger partial charge in [-0.2, -0.15) is 0 Å². The summed E-state index contributed by atoms with van der Waals surface area (Å²) in [6.45, 7) is 11.3. The number of amides is 1. The van der Waals surface area contributed by atoms with E-state index in [9.17, 15) is 23.3 Å². The SMILES string of the molecule is CCN1CCN(C2CC3(CCN(c4ccc(C(=O)NS(=O)(=O)c5cnc(NCC6CCOCC6)c([N+](=O)[O-])c5)c(Oc5cnc6[nH]ccc6c5)c4)CC3)C2)CC1. The fourth-order valence-electron chi connectivity index (χ4n) is 8.66. The van der Waals surface area contributed by atoms with Gasteiger partial charge in [-0.05, 0) is 80.7 Å². The van der Waals surface area contributed by atoms with Gasteiger partial charge in [0.05, 0.1) is 22.9 Å². The highest BCUT2D eigenvalue weighted by Gasteiger charge is 2.48. The second-order valence-corrected chi connectivity index (χ2v) is 17.2. The summed E-state index contributed by atoms with van der Waals surface area (Å²) in [5.74, 6) is -0.233. The molecule has 3 saturated heterocycles. The van der Waals surface area contributed by atoms with E-state index in [2.05, 4.69) is 46.6 Å². The number of rotatable bonds is 12. The average molecular weight is 788 g/mol. The van der Waals surface area contributed by atoms with Gasteiger partial charge in [0, 0.05) is 94.5 Å². The fraction of sp³-hybridized carbons (Fsp3) is 0.513. The highest BCUT2D eigenvalue weighted by Crippen LogP contribution is 2.51. The lowest BCUT2D eigenvalue weighted by Gasteiger charge is -2.56. The number of carbonyl (C=O) groups is 1. The molecule has 1 aromatic carbocycles. The first-order valence-corrected chi connectivity index (χ1v) is 21.1. The highest BCUT2D eigenvalue weighted by atomic mass is 32.2. The smallest absolute Gasteiger partial charge is 0.312 e. The number of likely N-dealkylation sites (N-methyl/N-ethyl adjacent to an activating group) is 1. The number of nitro groups is 1. The number of nitrogens with zero attached hydrogens (tertiary/aromatic N) is 6. The number of piperidine rings is 1. The number of aromatic amines is 1. The maximum absolute atomic E-state index is 13.8. The number of fused-ring (bicyclic) bond motifs is 1. The predicted octanol–water partition coefficient (Wildman–Crippen LogP) is 5.00. The Morgan fingerprint density at radius 1 is 1.04 bits per heavy atom.